The number of ether oxygens (including phenoxy) is 2. The van der Waals surface area contributed by atoms with Gasteiger partial charge in [-0.15, -0.1) is 0 Å². The third-order valence-electron chi connectivity index (χ3n) is 7.04. The van der Waals surface area contributed by atoms with Crippen molar-refractivity contribution in [1.82, 2.24) is 19.1 Å². The van der Waals surface area contributed by atoms with Crippen LogP contribution in [0.1, 0.15) is 17.2 Å². The first-order valence-electron chi connectivity index (χ1n) is 12.5. The summed E-state index contributed by atoms with van der Waals surface area (Å²) >= 11 is 0. The van der Waals surface area contributed by atoms with Crippen LogP contribution in [0.15, 0.2) is 59.3 Å². The summed E-state index contributed by atoms with van der Waals surface area (Å²) in [6.07, 6.45) is 3.17. The van der Waals surface area contributed by atoms with Crippen LogP contribution in [0.5, 0.6) is 0 Å². The molecule has 2 aromatic rings. The average molecular weight is 543 g/mol. The molecule has 3 aliphatic heterocycles. The molecule has 1 unspecified atom stereocenters. The molecule has 0 saturated carbocycles. The highest BCUT2D eigenvalue weighted by Gasteiger charge is 2.46. The van der Waals surface area contributed by atoms with Crippen LogP contribution in [0.4, 0.5) is 0 Å². The minimum atomic E-state index is -3.72. The molecule has 3 saturated heterocycles. The summed E-state index contributed by atoms with van der Waals surface area (Å²) in [5.41, 5.74) is 0.793. The molecule has 4 heterocycles. The Morgan fingerprint density at radius 2 is 1.61 bits per heavy atom. The zero-order valence-corrected chi connectivity index (χ0v) is 21.7. The van der Waals surface area contributed by atoms with Crippen molar-refractivity contribution >= 4 is 27.5 Å². The molecule has 38 heavy (non-hydrogen) atoms. The van der Waals surface area contributed by atoms with E-state index >= 15 is 0 Å². The molecule has 5 rings (SSSR count). The number of pyridine rings is 1. The van der Waals surface area contributed by atoms with Crippen molar-refractivity contribution < 1.29 is 32.6 Å². The maximum atomic E-state index is 13.2. The predicted molar refractivity (Wildman–Crippen MR) is 137 cm³/mol. The monoisotopic (exact) mass is 542 g/mol. The van der Waals surface area contributed by atoms with E-state index in [-0.39, 0.29) is 41.4 Å². The van der Waals surface area contributed by atoms with Crippen molar-refractivity contribution in [1.29, 1.82) is 0 Å². The lowest BCUT2D eigenvalue weighted by molar-refractivity contribution is -0.140. The highest BCUT2D eigenvalue weighted by Crippen LogP contribution is 2.39. The van der Waals surface area contributed by atoms with Crippen molar-refractivity contribution in [3.8, 4) is 0 Å². The number of amides is 1. The van der Waals surface area contributed by atoms with Gasteiger partial charge in [-0.2, -0.15) is 4.31 Å². The van der Waals surface area contributed by atoms with Crippen molar-refractivity contribution in [3.05, 3.63) is 65.5 Å². The van der Waals surface area contributed by atoms with Gasteiger partial charge in [0.1, 0.15) is 5.76 Å². The SMILES string of the molecule is O=C1C(=O)N(CCN2CCOCC2)C(c2cccnc2)C1=C(O)c1ccc(S(=O)(=O)N2CCOCC2)cc1. The number of ketones is 1. The zero-order valence-electron chi connectivity index (χ0n) is 20.9. The van der Waals surface area contributed by atoms with Gasteiger partial charge in [-0.25, -0.2) is 8.42 Å². The fraction of sp³-hybridized carbons (Fsp3) is 0.423. The van der Waals surface area contributed by atoms with Crippen LogP contribution in [-0.2, 0) is 29.1 Å². The summed E-state index contributed by atoms with van der Waals surface area (Å²) in [7, 11) is -3.72. The zero-order chi connectivity index (χ0) is 26.7. The van der Waals surface area contributed by atoms with E-state index in [2.05, 4.69) is 9.88 Å². The van der Waals surface area contributed by atoms with Gasteiger partial charge in [0.15, 0.2) is 0 Å². The summed E-state index contributed by atoms with van der Waals surface area (Å²) in [5, 5.41) is 11.3. The van der Waals surface area contributed by atoms with E-state index in [1.54, 1.807) is 24.5 Å². The molecule has 1 atom stereocenters. The van der Waals surface area contributed by atoms with Crippen LogP contribution in [-0.4, -0.2) is 110 Å². The van der Waals surface area contributed by atoms with Crippen molar-refractivity contribution in [2.24, 2.45) is 0 Å². The third kappa shape index (κ3) is 5.22. The molecular weight excluding hydrogens is 512 g/mol. The molecule has 0 radical (unpaired) electrons. The number of aliphatic hydroxyl groups is 1. The highest BCUT2D eigenvalue weighted by atomic mass is 32.2. The minimum Gasteiger partial charge on any atom is -0.507 e. The number of aromatic nitrogens is 1. The lowest BCUT2D eigenvalue weighted by atomic mass is 9.96. The Morgan fingerprint density at radius 3 is 2.24 bits per heavy atom. The fourth-order valence-electron chi connectivity index (χ4n) is 4.95. The van der Waals surface area contributed by atoms with Crippen molar-refractivity contribution in [2.45, 2.75) is 10.9 Å². The van der Waals surface area contributed by atoms with Gasteiger partial charge in [0.05, 0.1) is 42.9 Å². The average Bonchev–Trinajstić information content (AvgIpc) is 3.22. The Balaban J connectivity index is 1.46. The first-order chi connectivity index (χ1) is 18.4. The van der Waals surface area contributed by atoms with Gasteiger partial charge >= 0.3 is 0 Å². The van der Waals surface area contributed by atoms with Crippen LogP contribution in [0.25, 0.3) is 5.76 Å². The Kier molecular flexibility index (Phi) is 7.86. The molecule has 1 aromatic carbocycles. The number of Topliss-reactive ketones (excluding diaryl/α,β-unsaturated/α-hetero) is 1. The van der Waals surface area contributed by atoms with Gasteiger partial charge in [-0.05, 0) is 35.9 Å². The molecule has 1 N–H and O–H groups in total. The Labute approximate surface area is 221 Å². The van der Waals surface area contributed by atoms with Crippen LogP contribution in [0.2, 0.25) is 0 Å². The number of hydrogen-bond acceptors (Lipinski definition) is 9. The Hall–Kier alpha value is -3.16. The molecule has 1 aromatic heterocycles. The second kappa shape index (κ2) is 11.3. The maximum absolute atomic E-state index is 13.2. The van der Waals surface area contributed by atoms with E-state index in [0.717, 1.165) is 13.1 Å². The molecular formula is C26H30N4O7S. The van der Waals surface area contributed by atoms with Gasteiger partial charge < -0.3 is 19.5 Å². The largest absolute Gasteiger partial charge is 0.507 e. The van der Waals surface area contributed by atoms with Crippen LogP contribution in [0, 0.1) is 0 Å². The lowest BCUT2D eigenvalue weighted by Crippen LogP contribution is -2.42. The Morgan fingerprint density at radius 1 is 0.947 bits per heavy atom. The van der Waals surface area contributed by atoms with E-state index in [1.165, 1.54) is 33.5 Å². The number of benzene rings is 1. The number of carbonyl (C=O) groups excluding carboxylic acids is 2. The van der Waals surface area contributed by atoms with E-state index in [9.17, 15) is 23.1 Å². The number of hydrogen-bond donors (Lipinski definition) is 1. The van der Waals surface area contributed by atoms with Gasteiger partial charge in [0.25, 0.3) is 11.7 Å². The van der Waals surface area contributed by atoms with Crippen molar-refractivity contribution in [2.75, 3.05) is 65.7 Å². The highest BCUT2D eigenvalue weighted by molar-refractivity contribution is 7.89. The number of morpholine rings is 2. The lowest BCUT2D eigenvalue weighted by Gasteiger charge is -2.30. The molecule has 0 bridgehead atoms. The molecule has 202 valence electrons. The van der Waals surface area contributed by atoms with Gasteiger partial charge in [0, 0.05) is 57.2 Å². The molecule has 3 fully saturated rings. The smallest absolute Gasteiger partial charge is 0.295 e. The van der Waals surface area contributed by atoms with E-state index in [4.69, 9.17) is 9.47 Å². The summed E-state index contributed by atoms with van der Waals surface area (Å²) in [5.74, 6) is -1.84. The number of nitrogens with zero attached hydrogens (tertiary/aromatic N) is 4. The summed E-state index contributed by atoms with van der Waals surface area (Å²) in [6.45, 7) is 4.74. The van der Waals surface area contributed by atoms with Gasteiger partial charge in [-0.3, -0.25) is 19.5 Å². The summed E-state index contributed by atoms with van der Waals surface area (Å²) in [4.78, 5) is 34.2. The standard InChI is InChI=1S/C26H30N4O7S/c31-24(19-3-5-21(6-4-19)38(34,35)29-12-16-37-17-13-29)22-23(20-2-1-7-27-18-20)30(26(33)25(22)32)9-8-28-10-14-36-15-11-28/h1-7,18,23,31H,8-17H2. The first-order valence-corrected chi connectivity index (χ1v) is 14.0. The molecule has 3 aliphatic rings. The second-order valence-corrected chi connectivity index (χ2v) is 11.2. The van der Waals surface area contributed by atoms with E-state index in [1.807, 2.05) is 0 Å². The fourth-order valence-corrected chi connectivity index (χ4v) is 6.35. The second-order valence-electron chi connectivity index (χ2n) is 9.27. The number of sulfonamides is 1. The van der Waals surface area contributed by atoms with Crippen molar-refractivity contribution in [3.63, 3.8) is 0 Å². The number of aliphatic hydroxyl groups excluding tert-OH is 1. The minimum absolute atomic E-state index is 0.0474. The molecule has 1 amide bonds. The summed E-state index contributed by atoms with van der Waals surface area (Å²) < 4.78 is 37.9. The summed E-state index contributed by atoms with van der Waals surface area (Å²) in [6, 6.07) is 8.34. The maximum Gasteiger partial charge on any atom is 0.295 e. The van der Waals surface area contributed by atoms with Gasteiger partial charge in [-0.1, -0.05) is 6.07 Å². The van der Waals surface area contributed by atoms with Crippen LogP contribution in [0.3, 0.4) is 0 Å². The molecule has 12 heteroatoms. The number of rotatable bonds is 7. The van der Waals surface area contributed by atoms with Gasteiger partial charge in [0.2, 0.25) is 10.0 Å². The number of likely N-dealkylation sites (tertiary alicyclic amines) is 1. The van der Waals surface area contributed by atoms with E-state index < -0.39 is 27.8 Å². The number of carbonyl (C=O) groups is 2. The third-order valence-corrected chi connectivity index (χ3v) is 8.95. The van der Waals surface area contributed by atoms with E-state index in [0.29, 0.717) is 38.5 Å². The topological polar surface area (TPSA) is 130 Å². The van der Waals surface area contributed by atoms with Crippen LogP contribution < -0.4 is 0 Å². The quantitative estimate of drug-likeness (QED) is 0.308. The van der Waals surface area contributed by atoms with Crippen LogP contribution >= 0.6 is 0 Å². The molecule has 0 spiro atoms. The Bertz CT molecular complexity index is 1300. The normalized spacial score (nSPS) is 23.2. The predicted octanol–water partition coefficient (Wildman–Crippen LogP) is 0.856. The first kappa shape index (κ1) is 26.4. The molecule has 0 aliphatic carbocycles. The molecule has 11 nitrogen and oxygen atoms in total.